The zero-order chi connectivity index (χ0) is 17.8. The van der Waals surface area contributed by atoms with Gasteiger partial charge in [0.15, 0.2) is 0 Å². The molecule has 0 aliphatic carbocycles. The number of rotatable bonds is 5. The second-order valence-corrected chi connectivity index (χ2v) is 5.27. The number of nitrogens with zero attached hydrogens (tertiary/aromatic N) is 2. The smallest absolute Gasteiger partial charge is 0.233 e. The first kappa shape index (κ1) is 16.5. The Bertz CT molecular complexity index is 993. The van der Waals surface area contributed by atoms with Crippen molar-refractivity contribution >= 4 is 10.9 Å². The Labute approximate surface area is 144 Å². The number of ether oxygens (including phenoxy) is 2. The van der Waals surface area contributed by atoms with Gasteiger partial charge in [-0.15, -0.1) is 0 Å². The molecule has 124 valence electrons. The highest BCUT2D eigenvalue weighted by Crippen LogP contribution is 2.37. The number of nitriles is 1. The summed E-state index contributed by atoms with van der Waals surface area (Å²) in [6.07, 6.45) is 1.57. The standard InChI is InChI=1S/C20H15FN2O2/c1-3-9-25-20-17(12-22)19(13-5-4-6-14(21)10-13)16-11-15(24-2)7-8-18(16)23-20/h3-8,10-11H,1,9H2,2H3. The molecule has 0 aliphatic rings. The number of halogens is 1. The molecule has 0 saturated carbocycles. The highest BCUT2D eigenvalue weighted by atomic mass is 19.1. The van der Waals surface area contributed by atoms with Gasteiger partial charge >= 0.3 is 0 Å². The largest absolute Gasteiger partial charge is 0.497 e. The van der Waals surface area contributed by atoms with Crippen LogP contribution in [0.4, 0.5) is 4.39 Å². The molecule has 0 radical (unpaired) electrons. The van der Waals surface area contributed by atoms with E-state index in [0.29, 0.717) is 27.8 Å². The summed E-state index contributed by atoms with van der Waals surface area (Å²) in [5.41, 5.74) is 2.00. The van der Waals surface area contributed by atoms with Crippen molar-refractivity contribution < 1.29 is 13.9 Å². The topological polar surface area (TPSA) is 55.1 Å². The van der Waals surface area contributed by atoms with Crippen LogP contribution in [0.5, 0.6) is 11.6 Å². The van der Waals surface area contributed by atoms with Gasteiger partial charge in [-0.05, 0) is 35.9 Å². The first-order chi connectivity index (χ1) is 12.2. The molecule has 0 fully saturated rings. The van der Waals surface area contributed by atoms with Crippen molar-refractivity contribution in [2.24, 2.45) is 0 Å². The molecule has 3 rings (SSSR count). The molecule has 4 nitrogen and oxygen atoms in total. The van der Waals surface area contributed by atoms with Gasteiger partial charge in [-0.2, -0.15) is 5.26 Å². The third-order valence-corrected chi connectivity index (χ3v) is 3.72. The molecule has 0 aliphatic heterocycles. The van der Waals surface area contributed by atoms with Crippen LogP contribution in [0.15, 0.2) is 55.1 Å². The molecule has 0 atom stereocenters. The molecule has 0 unspecified atom stereocenters. The lowest BCUT2D eigenvalue weighted by Gasteiger charge is -2.14. The minimum Gasteiger partial charge on any atom is -0.497 e. The molecule has 0 saturated heterocycles. The molecule has 0 spiro atoms. The van der Waals surface area contributed by atoms with Gasteiger partial charge in [0.2, 0.25) is 5.88 Å². The average Bonchev–Trinajstić information content (AvgIpc) is 2.64. The second kappa shape index (κ2) is 7.02. The molecule has 0 bridgehead atoms. The number of fused-ring (bicyclic) bond motifs is 1. The molecule has 0 amide bonds. The summed E-state index contributed by atoms with van der Waals surface area (Å²) < 4.78 is 24.6. The number of pyridine rings is 1. The predicted molar refractivity (Wildman–Crippen MR) is 94.1 cm³/mol. The zero-order valence-corrected chi connectivity index (χ0v) is 13.6. The fraction of sp³-hybridized carbons (Fsp3) is 0.100. The van der Waals surface area contributed by atoms with Crippen LogP contribution in [0.25, 0.3) is 22.0 Å². The fourth-order valence-electron chi connectivity index (χ4n) is 2.64. The van der Waals surface area contributed by atoms with E-state index >= 15 is 0 Å². The van der Waals surface area contributed by atoms with Gasteiger partial charge in [0.25, 0.3) is 0 Å². The molecule has 1 heterocycles. The van der Waals surface area contributed by atoms with E-state index in [1.807, 2.05) is 0 Å². The number of methoxy groups -OCH3 is 1. The lowest BCUT2D eigenvalue weighted by atomic mass is 9.96. The number of hydrogen-bond acceptors (Lipinski definition) is 4. The van der Waals surface area contributed by atoms with Crippen molar-refractivity contribution in [3.05, 3.63) is 66.5 Å². The molecular weight excluding hydrogens is 319 g/mol. The first-order valence-electron chi connectivity index (χ1n) is 7.59. The summed E-state index contributed by atoms with van der Waals surface area (Å²) in [7, 11) is 1.56. The molecular formula is C20H15FN2O2. The van der Waals surface area contributed by atoms with Crippen LogP contribution in [-0.4, -0.2) is 18.7 Å². The highest BCUT2D eigenvalue weighted by molar-refractivity contribution is 5.99. The van der Waals surface area contributed by atoms with Crippen LogP contribution in [0.3, 0.4) is 0 Å². The Morgan fingerprint density at radius 3 is 2.80 bits per heavy atom. The van der Waals surface area contributed by atoms with Gasteiger partial charge in [-0.1, -0.05) is 24.8 Å². The Morgan fingerprint density at radius 1 is 1.28 bits per heavy atom. The third-order valence-electron chi connectivity index (χ3n) is 3.72. The van der Waals surface area contributed by atoms with Crippen molar-refractivity contribution in [1.82, 2.24) is 4.98 Å². The number of benzene rings is 2. The maximum atomic E-state index is 13.8. The Morgan fingerprint density at radius 2 is 2.12 bits per heavy atom. The first-order valence-corrected chi connectivity index (χ1v) is 7.59. The number of hydrogen-bond donors (Lipinski definition) is 0. The summed E-state index contributed by atoms with van der Waals surface area (Å²) in [5, 5.41) is 10.4. The Balaban J connectivity index is 2.39. The maximum absolute atomic E-state index is 13.8. The summed E-state index contributed by atoms with van der Waals surface area (Å²) in [5.74, 6) is 0.428. The quantitative estimate of drug-likeness (QED) is 0.645. The summed E-state index contributed by atoms with van der Waals surface area (Å²) in [6, 6.07) is 13.5. The van der Waals surface area contributed by atoms with Gasteiger partial charge < -0.3 is 9.47 Å². The monoisotopic (exact) mass is 334 g/mol. The van der Waals surface area contributed by atoms with E-state index < -0.39 is 0 Å². The van der Waals surface area contributed by atoms with Gasteiger partial charge in [-0.25, -0.2) is 9.37 Å². The van der Waals surface area contributed by atoms with Crippen LogP contribution < -0.4 is 9.47 Å². The van der Waals surface area contributed by atoms with E-state index in [0.717, 1.165) is 0 Å². The molecule has 25 heavy (non-hydrogen) atoms. The predicted octanol–water partition coefficient (Wildman–Crippen LogP) is 4.49. The van der Waals surface area contributed by atoms with Gasteiger partial charge in [0.05, 0.1) is 12.6 Å². The van der Waals surface area contributed by atoms with E-state index in [-0.39, 0.29) is 23.9 Å². The highest BCUT2D eigenvalue weighted by Gasteiger charge is 2.18. The lowest BCUT2D eigenvalue weighted by Crippen LogP contribution is -2.01. The molecule has 2 aromatic carbocycles. The zero-order valence-electron chi connectivity index (χ0n) is 13.6. The van der Waals surface area contributed by atoms with Crippen molar-refractivity contribution in [2.75, 3.05) is 13.7 Å². The summed E-state index contributed by atoms with van der Waals surface area (Å²) in [4.78, 5) is 4.43. The third kappa shape index (κ3) is 3.15. The van der Waals surface area contributed by atoms with Crippen LogP contribution in [0.2, 0.25) is 0 Å². The molecule has 3 aromatic rings. The summed E-state index contributed by atoms with van der Waals surface area (Å²) in [6.45, 7) is 3.82. The maximum Gasteiger partial charge on any atom is 0.233 e. The minimum absolute atomic E-state index is 0.194. The minimum atomic E-state index is -0.386. The lowest BCUT2D eigenvalue weighted by molar-refractivity contribution is 0.349. The van der Waals surface area contributed by atoms with E-state index in [2.05, 4.69) is 17.6 Å². The van der Waals surface area contributed by atoms with E-state index in [1.165, 1.54) is 12.1 Å². The molecule has 5 heteroatoms. The summed E-state index contributed by atoms with van der Waals surface area (Å²) >= 11 is 0. The normalized spacial score (nSPS) is 10.3. The van der Waals surface area contributed by atoms with Crippen LogP contribution in [0.1, 0.15) is 5.56 Å². The van der Waals surface area contributed by atoms with Crippen LogP contribution in [0, 0.1) is 17.1 Å². The SMILES string of the molecule is C=CCOc1nc2ccc(OC)cc2c(-c2cccc(F)c2)c1C#N. The molecule has 1 aromatic heterocycles. The second-order valence-electron chi connectivity index (χ2n) is 5.27. The van der Waals surface area contributed by atoms with Crippen LogP contribution >= 0.6 is 0 Å². The van der Waals surface area contributed by atoms with Gasteiger partial charge in [0, 0.05) is 10.9 Å². The average molecular weight is 334 g/mol. The van der Waals surface area contributed by atoms with Crippen LogP contribution in [-0.2, 0) is 0 Å². The van der Waals surface area contributed by atoms with E-state index in [9.17, 15) is 9.65 Å². The Hall–Kier alpha value is -3.39. The van der Waals surface area contributed by atoms with E-state index in [1.54, 1.807) is 43.5 Å². The van der Waals surface area contributed by atoms with Crippen molar-refractivity contribution in [1.29, 1.82) is 5.26 Å². The molecule has 0 N–H and O–H groups in total. The fourth-order valence-corrected chi connectivity index (χ4v) is 2.64. The van der Waals surface area contributed by atoms with Crippen molar-refractivity contribution in [3.63, 3.8) is 0 Å². The van der Waals surface area contributed by atoms with Gasteiger partial charge in [-0.3, -0.25) is 0 Å². The van der Waals surface area contributed by atoms with Crippen molar-refractivity contribution in [2.45, 2.75) is 0 Å². The van der Waals surface area contributed by atoms with Gasteiger partial charge in [0.1, 0.15) is 29.8 Å². The van der Waals surface area contributed by atoms with Crippen molar-refractivity contribution in [3.8, 4) is 28.8 Å². The van der Waals surface area contributed by atoms with E-state index in [4.69, 9.17) is 9.47 Å². The Kier molecular flexibility index (Phi) is 4.62. The number of aromatic nitrogens is 1.